The maximum atomic E-state index is 12.5. The second-order valence-electron chi connectivity index (χ2n) is 3.13. The van der Waals surface area contributed by atoms with E-state index < -0.39 is 17.5 Å². The van der Waals surface area contributed by atoms with Crippen molar-refractivity contribution in [3.8, 4) is 0 Å². The van der Waals surface area contributed by atoms with Gasteiger partial charge < -0.3 is 0 Å². The van der Waals surface area contributed by atoms with E-state index in [9.17, 15) is 18.0 Å². The molecule has 0 saturated heterocycles. The molecule has 1 rings (SSSR count). The lowest BCUT2D eigenvalue weighted by Gasteiger charge is -2.10. The molecule has 0 bridgehead atoms. The van der Waals surface area contributed by atoms with Crippen LogP contribution in [0, 0.1) is 0 Å². The maximum Gasteiger partial charge on any atom is 0.417 e. The van der Waals surface area contributed by atoms with Crippen molar-refractivity contribution in [1.29, 1.82) is 0 Å². The van der Waals surface area contributed by atoms with Gasteiger partial charge in [0, 0.05) is 30.3 Å². The Bertz CT molecular complexity index is 379. The first-order valence-electron chi connectivity index (χ1n) is 4.57. The van der Waals surface area contributed by atoms with Crippen molar-refractivity contribution in [2.75, 3.05) is 5.88 Å². The van der Waals surface area contributed by atoms with Crippen molar-refractivity contribution in [3.63, 3.8) is 0 Å². The number of ketones is 1. The molecule has 0 N–H and O–H groups in total. The Morgan fingerprint density at radius 2 is 2.12 bits per heavy atom. The van der Waals surface area contributed by atoms with Crippen molar-refractivity contribution < 1.29 is 18.0 Å². The molecule has 16 heavy (non-hydrogen) atoms. The lowest BCUT2D eigenvalue weighted by atomic mass is 10.0. The van der Waals surface area contributed by atoms with Gasteiger partial charge in [-0.05, 0) is 12.5 Å². The van der Waals surface area contributed by atoms with Crippen LogP contribution in [0.25, 0.3) is 0 Å². The Morgan fingerprint density at radius 3 is 2.69 bits per heavy atom. The maximum absolute atomic E-state index is 12.5. The number of hydrogen-bond acceptors (Lipinski definition) is 2. The van der Waals surface area contributed by atoms with Crippen molar-refractivity contribution in [3.05, 3.63) is 29.6 Å². The third kappa shape index (κ3) is 3.20. The normalized spacial score (nSPS) is 11.5. The Hall–Kier alpha value is -1.10. The average molecular weight is 252 g/mol. The van der Waals surface area contributed by atoms with Gasteiger partial charge in [0.2, 0.25) is 0 Å². The number of carbonyl (C=O) groups is 1. The summed E-state index contributed by atoms with van der Waals surface area (Å²) in [7, 11) is 0. The fourth-order valence-corrected chi connectivity index (χ4v) is 1.36. The minimum Gasteiger partial charge on any atom is -0.294 e. The summed E-state index contributed by atoms with van der Waals surface area (Å²) >= 11 is 5.37. The van der Waals surface area contributed by atoms with Gasteiger partial charge in [-0.25, -0.2) is 0 Å². The van der Waals surface area contributed by atoms with Crippen LogP contribution in [-0.2, 0) is 6.18 Å². The van der Waals surface area contributed by atoms with Gasteiger partial charge in [-0.1, -0.05) is 0 Å². The van der Waals surface area contributed by atoms with E-state index in [1.165, 1.54) is 0 Å². The molecule has 6 heteroatoms. The zero-order chi connectivity index (χ0) is 12.2. The SMILES string of the molecule is O=C(CCCCl)c1cnccc1C(F)(F)F. The van der Waals surface area contributed by atoms with Gasteiger partial charge >= 0.3 is 6.18 Å². The smallest absolute Gasteiger partial charge is 0.294 e. The van der Waals surface area contributed by atoms with Gasteiger partial charge in [0.15, 0.2) is 5.78 Å². The molecule has 0 radical (unpaired) electrons. The third-order valence-corrected chi connectivity index (χ3v) is 2.23. The van der Waals surface area contributed by atoms with Gasteiger partial charge in [0.05, 0.1) is 5.56 Å². The van der Waals surface area contributed by atoms with Crippen LogP contribution < -0.4 is 0 Å². The Morgan fingerprint density at radius 1 is 1.44 bits per heavy atom. The highest BCUT2D eigenvalue weighted by molar-refractivity contribution is 6.18. The van der Waals surface area contributed by atoms with Crippen LogP contribution in [0.3, 0.4) is 0 Å². The van der Waals surface area contributed by atoms with Gasteiger partial charge in [-0.3, -0.25) is 9.78 Å². The van der Waals surface area contributed by atoms with Crippen LogP contribution in [0.1, 0.15) is 28.8 Å². The molecular weight excluding hydrogens is 243 g/mol. The molecule has 0 atom stereocenters. The lowest BCUT2D eigenvalue weighted by molar-refractivity contribution is -0.138. The number of Topliss-reactive ketones (excluding diaryl/α,β-unsaturated/α-hetero) is 1. The molecule has 0 fully saturated rings. The Kier molecular flexibility index (Phi) is 4.29. The zero-order valence-corrected chi connectivity index (χ0v) is 8.98. The van der Waals surface area contributed by atoms with Crippen molar-refractivity contribution in [2.24, 2.45) is 0 Å². The average Bonchev–Trinajstić information content (AvgIpc) is 2.24. The van der Waals surface area contributed by atoms with E-state index in [1.807, 2.05) is 0 Å². The molecule has 1 aromatic rings. The first-order chi connectivity index (χ1) is 7.46. The van der Waals surface area contributed by atoms with E-state index in [4.69, 9.17) is 11.6 Å². The number of aromatic nitrogens is 1. The fraction of sp³-hybridized carbons (Fsp3) is 0.400. The highest BCUT2D eigenvalue weighted by Crippen LogP contribution is 2.31. The van der Waals surface area contributed by atoms with Crippen molar-refractivity contribution in [1.82, 2.24) is 4.98 Å². The first kappa shape index (κ1) is 13.0. The molecule has 0 unspecified atom stereocenters. The molecule has 0 aliphatic rings. The predicted octanol–water partition coefficient (Wildman–Crippen LogP) is 3.30. The molecule has 2 nitrogen and oxygen atoms in total. The van der Waals surface area contributed by atoms with Gasteiger partial charge in [0.1, 0.15) is 0 Å². The molecule has 88 valence electrons. The summed E-state index contributed by atoms with van der Waals surface area (Å²) in [6.45, 7) is 0. The predicted molar refractivity (Wildman–Crippen MR) is 53.5 cm³/mol. The topological polar surface area (TPSA) is 30.0 Å². The number of carbonyl (C=O) groups excluding carboxylic acids is 1. The Labute approximate surface area is 95.4 Å². The van der Waals surface area contributed by atoms with Gasteiger partial charge in [-0.2, -0.15) is 13.2 Å². The minimum atomic E-state index is -4.53. The van der Waals surface area contributed by atoms with Gasteiger partial charge in [-0.15, -0.1) is 11.6 Å². The first-order valence-corrected chi connectivity index (χ1v) is 5.10. The second kappa shape index (κ2) is 5.30. The summed E-state index contributed by atoms with van der Waals surface area (Å²) in [5.41, 5.74) is -1.33. The summed E-state index contributed by atoms with van der Waals surface area (Å²) < 4.78 is 37.6. The minimum absolute atomic E-state index is 0.00171. The molecule has 1 heterocycles. The number of rotatable bonds is 4. The number of halogens is 4. The van der Waals surface area contributed by atoms with E-state index >= 15 is 0 Å². The summed E-state index contributed by atoms with van der Waals surface area (Å²) in [4.78, 5) is 15.0. The fourth-order valence-electron chi connectivity index (χ4n) is 1.23. The van der Waals surface area contributed by atoms with E-state index in [2.05, 4.69) is 4.98 Å². The van der Waals surface area contributed by atoms with E-state index in [-0.39, 0.29) is 17.9 Å². The highest BCUT2D eigenvalue weighted by atomic mass is 35.5. The van der Waals surface area contributed by atoms with Crippen LogP contribution in [0.4, 0.5) is 13.2 Å². The zero-order valence-electron chi connectivity index (χ0n) is 8.22. The van der Waals surface area contributed by atoms with Crippen molar-refractivity contribution >= 4 is 17.4 Å². The standard InChI is InChI=1S/C10H9ClF3NO/c11-4-1-2-9(16)7-6-15-5-3-8(7)10(12,13)14/h3,5-6H,1-2,4H2. The van der Waals surface area contributed by atoms with E-state index in [1.54, 1.807) is 0 Å². The van der Waals surface area contributed by atoms with Crippen LogP contribution >= 0.6 is 11.6 Å². The molecule has 0 aliphatic heterocycles. The molecule has 1 aromatic heterocycles. The van der Waals surface area contributed by atoms with Crippen molar-refractivity contribution in [2.45, 2.75) is 19.0 Å². The van der Waals surface area contributed by atoms with E-state index in [0.29, 0.717) is 6.42 Å². The number of pyridine rings is 1. The third-order valence-electron chi connectivity index (χ3n) is 1.96. The molecule has 0 aromatic carbocycles. The number of hydrogen-bond donors (Lipinski definition) is 0. The summed E-state index contributed by atoms with van der Waals surface area (Å²) in [6.07, 6.45) is -2.22. The van der Waals surface area contributed by atoms with Crippen LogP contribution in [0.5, 0.6) is 0 Å². The van der Waals surface area contributed by atoms with Gasteiger partial charge in [0.25, 0.3) is 0 Å². The summed E-state index contributed by atoms with van der Waals surface area (Å²) in [6, 6.07) is 0.800. The molecule has 0 aliphatic carbocycles. The largest absolute Gasteiger partial charge is 0.417 e. The summed E-state index contributed by atoms with van der Waals surface area (Å²) in [5.74, 6) is -0.339. The molecular formula is C10H9ClF3NO. The van der Waals surface area contributed by atoms with Crippen LogP contribution in [-0.4, -0.2) is 16.6 Å². The van der Waals surface area contributed by atoms with Crippen LogP contribution in [0.15, 0.2) is 18.5 Å². The monoisotopic (exact) mass is 251 g/mol. The highest BCUT2D eigenvalue weighted by Gasteiger charge is 2.34. The number of alkyl halides is 4. The molecule has 0 amide bonds. The Balaban J connectivity index is 3.00. The quantitative estimate of drug-likeness (QED) is 0.607. The summed E-state index contributed by atoms with van der Waals surface area (Å²) in [5, 5.41) is 0. The lowest BCUT2D eigenvalue weighted by Crippen LogP contribution is -2.13. The number of nitrogens with zero attached hydrogens (tertiary/aromatic N) is 1. The molecule has 0 spiro atoms. The van der Waals surface area contributed by atoms with E-state index in [0.717, 1.165) is 18.5 Å². The van der Waals surface area contributed by atoms with Crippen LogP contribution in [0.2, 0.25) is 0 Å². The molecule has 0 saturated carbocycles. The second-order valence-corrected chi connectivity index (χ2v) is 3.51.